The molecule has 164 valence electrons. The van der Waals surface area contributed by atoms with Gasteiger partial charge in [0.1, 0.15) is 6.04 Å². The van der Waals surface area contributed by atoms with E-state index in [1.54, 1.807) is 0 Å². The Kier molecular flexibility index (Phi) is 4.71. The average Bonchev–Trinajstić information content (AvgIpc) is 3.37. The van der Waals surface area contributed by atoms with Gasteiger partial charge in [-0.15, -0.1) is 5.10 Å². The lowest BCUT2D eigenvalue weighted by Gasteiger charge is -2.38. The van der Waals surface area contributed by atoms with Crippen LogP contribution >= 0.6 is 0 Å². The van der Waals surface area contributed by atoms with Crippen LogP contribution in [0.1, 0.15) is 38.2 Å². The van der Waals surface area contributed by atoms with E-state index in [-0.39, 0.29) is 23.9 Å². The molecule has 1 atom stereocenters. The van der Waals surface area contributed by atoms with Crippen molar-refractivity contribution in [2.24, 2.45) is 0 Å². The normalized spacial score (nSPS) is 18.6. The molecule has 2 aliphatic rings. The molecule has 1 aromatic carbocycles. The molecular weight excluding hydrogens is 398 g/mol. The van der Waals surface area contributed by atoms with E-state index in [2.05, 4.69) is 58.1 Å². The summed E-state index contributed by atoms with van der Waals surface area (Å²) < 4.78 is 12.8. The van der Waals surface area contributed by atoms with Crippen LogP contribution in [0.15, 0.2) is 23.0 Å². The number of hydrogen-bond donors (Lipinski definition) is 1. The number of ether oxygens (including phenoxy) is 2. The molecule has 1 N–H and O–H groups in total. The molecule has 0 amide bonds. The summed E-state index contributed by atoms with van der Waals surface area (Å²) in [6.07, 6.45) is 0. The van der Waals surface area contributed by atoms with Gasteiger partial charge >= 0.3 is 0 Å². The molecule has 10 nitrogen and oxygen atoms in total. The third-order valence-corrected chi connectivity index (χ3v) is 5.94. The van der Waals surface area contributed by atoms with Gasteiger partial charge in [0, 0.05) is 43.2 Å². The summed E-state index contributed by atoms with van der Waals surface area (Å²) in [5, 5.41) is 13.5. The fraction of sp³-hybridized carbons (Fsp3) is 0.524. The molecule has 5 rings (SSSR count). The van der Waals surface area contributed by atoms with Crippen LogP contribution in [0.25, 0.3) is 10.9 Å². The zero-order valence-corrected chi connectivity index (χ0v) is 18.3. The van der Waals surface area contributed by atoms with Crippen LogP contribution < -0.4 is 15.0 Å². The Morgan fingerprint density at radius 2 is 1.77 bits per heavy atom. The van der Waals surface area contributed by atoms with Crippen LogP contribution in [0.5, 0.6) is 11.5 Å². The van der Waals surface area contributed by atoms with Crippen molar-refractivity contribution < 1.29 is 9.47 Å². The number of likely N-dealkylation sites (N-methyl/N-ethyl adjacent to an activating group) is 1. The highest BCUT2D eigenvalue weighted by atomic mass is 16.7. The van der Waals surface area contributed by atoms with E-state index in [0.717, 1.165) is 31.6 Å². The van der Waals surface area contributed by atoms with Gasteiger partial charge in [-0.05, 0) is 50.4 Å². The summed E-state index contributed by atoms with van der Waals surface area (Å²) in [5.41, 5.74) is 0.861. The lowest BCUT2D eigenvalue weighted by Crippen LogP contribution is -2.48. The first kappa shape index (κ1) is 20.0. The number of fused-ring (bicyclic) bond motifs is 2. The van der Waals surface area contributed by atoms with Crippen LogP contribution in [-0.4, -0.2) is 75.0 Å². The van der Waals surface area contributed by atoms with Gasteiger partial charge in [-0.1, -0.05) is 0 Å². The summed E-state index contributed by atoms with van der Waals surface area (Å²) in [6.45, 7) is 9.81. The minimum atomic E-state index is -0.360. The Morgan fingerprint density at radius 1 is 1.06 bits per heavy atom. The average molecular weight is 425 g/mol. The van der Waals surface area contributed by atoms with E-state index in [9.17, 15) is 4.79 Å². The van der Waals surface area contributed by atoms with Gasteiger partial charge in [0.2, 0.25) is 6.79 Å². The van der Waals surface area contributed by atoms with Crippen molar-refractivity contribution in [3.8, 4) is 11.5 Å². The summed E-state index contributed by atoms with van der Waals surface area (Å²) in [4.78, 5) is 20.9. The van der Waals surface area contributed by atoms with Gasteiger partial charge in [-0.3, -0.25) is 9.69 Å². The summed E-state index contributed by atoms with van der Waals surface area (Å²) in [5.74, 6) is 1.99. The smallest absolute Gasteiger partial charge is 0.253 e. The molecule has 4 heterocycles. The SMILES string of the molecule is CN1CCN(C(c2cc3cc4c(cc3[nH]c2=O)OCO4)c2nnnn2C(C)(C)C)CC1. The second-order valence-electron chi connectivity index (χ2n) is 9.21. The van der Waals surface area contributed by atoms with Crippen LogP contribution in [-0.2, 0) is 5.54 Å². The molecule has 1 unspecified atom stereocenters. The number of benzene rings is 1. The van der Waals surface area contributed by atoms with Crippen molar-refractivity contribution in [3.05, 3.63) is 39.9 Å². The Morgan fingerprint density at radius 3 is 2.48 bits per heavy atom. The fourth-order valence-electron chi connectivity index (χ4n) is 4.24. The molecule has 0 saturated carbocycles. The summed E-state index contributed by atoms with van der Waals surface area (Å²) in [7, 11) is 2.11. The molecule has 0 spiro atoms. The number of H-pyrrole nitrogens is 1. The highest BCUT2D eigenvalue weighted by molar-refractivity contribution is 5.83. The van der Waals surface area contributed by atoms with Crippen molar-refractivity contribution in [2.45, 2.75) is 32.4 Å². The lowest BCUT2D eigenvalue weighted by atomic mass is 10.0. The number of rotatable bonds is 3. The van der Waals surface area contributed by atoms with E-state index in [4.69, 9.17) is 9.47 Å². The zero-order valence-electron chi connectivity index (χ0n) is 18.3. The number of pyridine rings is 1. The first-order valence-electron chi connectivity index (χ1n) is 10.5. The molecule has 2 aromatic heterocycles. The van der Waals surface area contributed by atoms with Crippen LogP contribution in [0.3, 0.4) is 0 Å². The topological polar surface area (TPSA) is 101 Å². The highest BCUT2D eigenvalue weighted by Crippen LogP contribution is 2.36. The predicted molar refractivity (Wildman–Crippen MR) is 114 cm³/mol. The van der Waals surface area contributed by atoms with Crippen molar-refractivity contribution in [1.82, 2.24) is 35.0 Å². The molecule has 1 saturated heterocycles. The van der Waals surface area contributed by atoms with Gasteiger partial charge in [0.25, 0.3) is 5.56 Å². The van der Waals surface area contributed by atoms with Gasteiger partial charge in [-0.2, -0.15) is 0 Å². The molecule has 2 aliphatic heterocycles. The largest absolute Gasteiger partial charge is 0.454 e. The molecule has 0 aliphatic carbocycles. The maximum Gasteiger partial charge on any atom is 0.253 e. The van der Waals surface area contributed by atoms with E-state index >= 15 is 0 Å². The van der Waals surface area contributed by atoms with E-state index in [1.807, 2.05) is 22.9 Å². The second kappa shape index (κ2) is 7.31. The van der Waals surface area contributed by atoms with Crippen molar-refractivity contribution in [3.63, 3.8) is 0 Å². The Bertz CT molecular complexity index is 1170. The second-order valence-corrected chi connectivity index (χ2v) is 9.21. The minimum absolute atomic E-state index is 0.154. The van der Waals surface area contributed by atoms with Crippen molar-refractivity contribution >= 4 is 10.9 Å². The van der Waals surface area contributed by atoms with E-state index in [0.29, 0.717) is 28.4 Å². The lowest BCUT2D eigenvalue weighted by molar-refractivity contribution is 0.118. The molecule has 3 aromatic rings. The minimum Gasteiger partial charge on any atom is -0.454 e. The predicted octanol–water partition coefficient (Wildman–Crippen LogP) is 1.34. The third-order valence-electron chi connectivity index (χ3n) is 5.94. The number of nitrogens with one attached hydrogen (secondary N) is 1. The summed E-state index contributed by atoms with van der Waals surface area (Å²) in [6, 6.07) is 5.29. The number of tetrazole rings is 1. The standard InChI is InChI=1S/C21H27N7O3/c1-21(2,3)28-19(23-24-25-28)18(27-7-5-26(4)6-8-27)14-9-13-10-16-17(31-12-30-16)11-15(13)22-20(14)29/h9-11,18H,5-8,12H2,1-4H3,(H,22,29). The Labute approximate surface area is 179 Å². The third kappa shape index (κ3) is 3.55. The summed E-state index contributed by atoms with van der Waals surface area (Å²) >= 11 is 0. The molecule has 1 fully saturated rings. The maximum absolute atomic E-state index is 13.3. The van der Waals surface area contributed by atoms with Crippen LogP contribution in [0, 0.1) is 0 Å². The number of aromatic nitrogens is 5. The van der Waals surface area contributed by atoms with Crippen molar-refractivity contribution in [1.29, 1.82) is 0 Å². The Balaban J connectivity index is 1.67. The molecular formula is C21H27N7O3. The van der Waals surface area contributed by atoms with E-state index < -0.39 is 0 Å². The number of hydrogen-bond acceptors (Lipinski definition) is 8. The van der Waals surface area contributed by atoms with Gasteiger partial charge in [-0.25, -0.2) is 4.68 Å². The molecule has 0 bridgehead atoms. The zero-order chi connectivity index (χ0) is 21.8. The number of piperazine rings is 1. The van der Waals surface area contributed by atoms with Gasteiger partial charge in [0.15, 0.2) is 17.3 Å². The Hall–Kier alpha value is -2.98. The van der Waals surface area contributed by atoms with Gasteiger partial charge in [0.05, 0.1) is 11.1 Å². The highest BCUT2D eigenvalue weighted by Gasteiger charge is 2.34. The fourth-order valence-corrected chi connectivity index (χ4v) is 4.24. The maximum atomic E-state index is 13.3. The molecule has 0 radical (unpaired) electrons. The number of aromatic amines is 1. The quantitative estimate of drug-likeness (QED) is 0.671. The first-order valence-corrected chi connectivity index (χ1v) is 10.5. The van der Waals surface area contributed by atoms with Crippen LogP contribution in [0.4, 0.5) is 0 Å². The van der Waals surface area contributed by atoms with Crippen molar-refractivity contribution in [2.75, 3.05) is 40.0 Å². The van der Waals surface area contributed by atoms with Gasteiger partial charge < -0.3 is 19.4 Å². The first-order chi connectivity index (χ1) is 14.8. The van der Waals surface area contributed by atoms with E-state index in [1.165, 1.54) is 0 Å². The number of nitrogens with zero attached hydrogens (tertiary/aromatic N) is 6. The van der Waals surface area contributed by atoms with Crippen LogP contribution in [0.2, 0.25) is 0 Å². The molecule has 10 heteroatoms. The molecule has 31 heavy (non-hydrogen) atoms. The monoisotopic (exact) mass is 425 g/mol.